The van der Waals surface area contributed by atoms with Crippen LogP contribution in [0.15, 0.2) is 24.3 Å². The van der Waals surface area contributed by atoms with Gasteiger partial charge in [-0.15, -0.1) is 0 Å². The second-order valence-electron chi connectivity index (χ2n) is 6.27. The standard InChI is InChI=1S/C18H25N2O2P/c21-17-5-3-15-4-6-18(14-16(15)13-17)22-12-2-1-7-19-8-10-20(23)11-9-19/h3-6,14H,1-2,7-13,23H2. The van der Waals surface area contributed by atoms with Crippen LogP contribution in [-0.4, -0.2) is 54.7 Å². The molecule has 2 aliphatic rings. The maximum Gasteiger partial charge on any atom is 0.160 e. The number of unbranched alkanes of at least 4 members (excludes halogenated alkanes) is 1. The summed E-state index contributed by atoms with van der Waals surface area (Å²) in [6.45, 7) is 6.51. The highest BCUT2D eigenvalue weighted by molar-refractivity contribution is 7.13. The molecule has 0 spiro atoms. The van der Waals surface area contributed by atoms with E-state index in [9.17, 15) is 4.79 Å². The zero-order valence-electron chi connectivity index (χ0n) is 13.5. The van der Waals surface area contributed by atoms with Gasteiger partial charge in [0.25, 0.3) is 0 Å². The molecule has 1 aliphatic carbocycles. The van der Waals surface area contributed by atoms with Crippen molar-refractivity contribution in [2.45, 2.75) is 19.3 Å². The summed E-state index contributed by atoms with van der Waals surface area (Å²) in [5, 5.41) is 0. The van der Waals surface area contributed by atoms with Crippen LogP contribution >= 0.6 is 9.39 Å². The Morgan fingerprint density at radius 3 is 2.74 bits per heavy atom. The number of carbonyl (C=O) groups excluding carboxylic acids is 1. The Labute approximate surface area is 140 Å². The van der Waals surface area contributed by atoms with Gasteiger partial charge in [-0.05, 0) is 48.7 Å². The molecule has 124 valence electrons. The van der Waals surface area contributed by atoms with Crippen LogP contribution in [0.3, 0.4) is 0 Å². The molecule has 1 heterocycles. The van der Waals surface area contributed by atoms with Gasteiger partial charge in [0.15, 0.2) is 5.78 Å². The summed E-state index contributed by atoms with van der Waals surface area (Å²) in [5.74, 6) is 1.05. The zero-order valence-corrected chi connectivity index (χ0v) is 14.7. The SMILES string of the molecule is O=C1C=Cc2ccc(OCCCCN3CCN(P)CC3)cc2C1. The fourth-order valence-electron chi connectivity index (χ4n) is 3.03. The number of fused-ring (bicyclic) bond motifs is 1. The number of nitrogens with zero attached hydrogens (tertiary/aromatic N) is 2. The molecule has 1 aliphatic heterocycles. The van der Waals surface area contributed by atoms with E-state index in [4.69, 9.17) is 4.74 Å². The van der Waals surface area contributed by atoms with Crippen molar-refractivity contribution in [1.29, 1.82) is 0 Å². The van der Waals surface area contributed by atoms with Crippen molar-refractivity contribution in [2.24, 2.45) is 0 Å². The molecule has 0 radical (unpaired) electrons. The Kier molecular flexibility index (Phi) is 5.82. The smallest absolute Gasteiger partial charge is 0.160 e. The van der Waals surface area contributed by atoms with Crippen LogP contribution < -0.4 is 4.74 Å². The minimum absolute atomic E-state index is 0.167. The Balaban J connectivity index is 1.37. The fourth-order valence-corrected chi connectivity index (χ4v) is 3.26. The number of ether oxygens (including phenoxy) is 1. The number of hydrogen-bond acceptors (Lipinski definition) is 4. The second kappa shape index (κ2) is 8.05. The van der Waals surface area contributed by atoms with E-state index in [-0.39, 0.29) is 5.78 Å². The summed E-state index contributed by atoms with van der Waals surface area (Å²) >= 11 is 0. The van der Waals surface area contributed by atoms with Crippen molar-refractivity contribution in [2.75, 3.05) is 39.3 Å². The molecular formula is C18H25N2O2P. The van der Waals surface area contributed by atoms with E-state index in [1.165, 1.54) is 6.42 Å². The molecule has 1 fully saturated rings. The lowest BCUT2D eigenvalue weighted by Crippen LogP contribution is -2.42. The van der Waals surface area contributed by atoms with Gasteiger partial charge in [-0.1, -0.05) is 21.5 Å². The van der Waals surface area contributed by atoms with Gasteiger partial charge >= 0.3 is 0 Å². The third kappa shape index (κ3) is 4.87. The summed E-state index contributed by atoms with van der Waals surface area (Å²) in [6, 6.07) is 6.04. The molecule has 1 saturated heterocycles. The van der Waals surface area contributed by atoms with Gasteiger partial charge in [-0.3, -0.25) is 9.46 Å². The molecule has 0 saturated carbocycles. The van der Waals surface area contributed by atoms with E-state index in [0.717, 1.165) is 62.6 Å². The molecule has 1 atom stereocenters. The van der Waals surface area contributed by atoms with E-state index in [1.54, 1.807) is 6.08 Å². The van der Waals surface area contributed by atoms with Gasteiger partial charge in [0.1, 0.15) is 5.75 Å². The second-order valence-corrected chi connectivity index (χ2v) is 7.00. The van der Waals surface area contributed by atoms with Gasteiger partial charge in [0.2, 0.25) is 0 Å². The Hall–Kier alpha value is -1.22. The number of hydrogen-bond donors (Lipinski definition) is 0. The molecule has 3 rings (SSSR count). The zero-order chi connectivity index (χ0) is 16.1. The molecule has 0 amide bonds. The molecule has 1 aromatic carbocycles. The van der Waals surface area contributed by atoms with Crippen LogP contribution in [0.4, 0.5) is 0 Å². The Morgan fingerprint density at radius 1 is 1.09 bits per heavy atom. The molecule has 0 aromatic heterocycles. The fraction of sp³-hybridized carbons (Fsp3) is 0.500. The average molecular weight is 332 g/mol. The molecule has 5 heteroatoms. The van der Waals surface area contributed by atoms with Crippen molar-refractivity contribution in [3.05, 3.63) is 35.4 Å². The van der Waals surface area contributed by atoms with E-state index in [0.29, 0.717) is 6.42 Å². The lowest BCUT2D eigenvalue weighted by atomic mass is 9.96. The number of ketones is 1. The molecule has 4 nitrogen and oxygen atoms in total. The van der Waals surface area contributed by atoms with Gasteiger partial charge in [0.05, 0.1) is 6.61 Å². The van der Waals surface area contributed by atoms with Crippen molar-refractivity contribution >= 4 is 21.2 Å². The normalized spacial score (nSPS) is 18.9. The van der Waals surface area contributed by atoms with Crippen molar-refractivity contribution in [1.82, 2.24) is 9.57 Å². The maximum absolute atomic E-state index is 11.5. The third-order valence-corrected chi connectivity index (χ3v) is 4.99. The van der Waals surface area contributed by atoms with Crippen molar-refractivity contribution in [3.63, 3.8) is 0 Å². The minimum Gasteiger partial charge on any atom is -0.494 e. The van der Waals surface area contributed by atoms with E-state index < -0.39 is 0 Å². The molecular weight excluding hydrogens is 307 g/mol. The summed E-state index contributed by atoms with van der Waals surface area (Å²) in [5.41, 5.74) is 2.20. The Morgan fingerprint density at radius 2 is 1.91 bits per heavy atom. The highest BCUT2D eigenvalue weighted by Crippen LogP contribution is 2.23. The van der Waals surface area contributed by atoms with Gasteiger partial charge in [0, 0.05) is 32.6 Å². The quantitative estimate of drug-likeness (QED) is 0.592. The monoisotopic (exact) mass is 332 g/mol. The number of rotatable bonds is 6. The van der Waals surface area contributed by atoms with Gasteiger partial charge < -0.3 is 9.64 Å². The third-order valence-electron chi connectivity index (χ3n) is 4.47. The number of piperazine rings is 1. The number of allylic oxidation sites excluding steroid dienone is 1. The van der Waals surface area contributed by atoms with E-state index >= 15 is 0 Å². The van der Waals surface area contributed by atoms with E-state index in [2.05, 4.69) is 19.0 Å². The molecule has 0 N–H and O–H groups in total. The minimum atomic E-state index is 0.167. The van der Waals surface area contributed by atoms with E-state index in [1.807, 2.05) is 24.3 Å². The number of carbonyl (C=O) groups is 1. The first-order chi connectivity index (χ1) is 11.2. The van der Waals surface area contributed by atoms with Crippen LogP contribution in [0.5, 0.6) is 5.75 Å². The lowest BCUT2D eigenvalue weighted by Gasteiger charge is -2.32. The molecule has 1 aromatic rings. The molecule has 23 heavy (non-hydrogen) atoms. The Bertz CT molecular complexity index is 580. The van der Waals surface area contributed by atoms with Gasteiger partial charge in [-0.2, -0.15) is 0 Å². The van der Waals surface area contributed by atoms with Crippen LogP contribution in [0, 0.1) is 0 Å². The predicted octanol–water partition coefficient (Wildman–Crippen LogP) is 2.39. The van der Waals surface area contributed by atoms with Crippen LogP contribution in [0.2, 0.25) is 0 Å². The van der Waals surface area contributed by atoms with Gasteiger partial charge in [-0.25, -0.2) is 0 Å². The first-order valence-electron chi connectivity index (χ1n) is 8.39. The average Bonchev–Trinajstić information content (AvgIpc) is 2.56. The first-order valence-corrected chi connectivity index (χ1v) is 8.91. The van der Waals surface area contributed by atoms with Crippen LogP contribution in [0.25, 0.3) is 6.08 Å². The lowest BCUT2D eigenvalue weighted by molar-refractivity contribution is -0.114. The largest absolute Gasteiger partial charge is 0.494 e. The molecule has 1 unspecified atom stereocenters. The topological polar surface area (TPSA) is 32.8 Å². The van der Waals surface area contributed by atoms with Crippen LogP contribution in [-0.2, 0) is 11.2 Å². The number of benzene rings is 1. The highest BCUT2D eigenvalue weighted by atomic mass is 31.0. The predicted molar refractivity (Wildman–Crippen MR) is 96.6 cm³/mol. The van der Waals surface area contributed by atoms with Crippen molar-refractivity contribution < 1.29 is 9.53 Å². The first kappa shape index (κ1) is 16.6. The summed E-state index contributed by atoms with van der Waals surface area (Å²) in [6.07, 6.45) is 6.27. The highest BCUT2D eigenvalue weighted by Gasteiger charge is 2.13. The maximum atomic E-state index is 11.5. The van der Waals surface area contributed by atoms with Crippen LogP contribution in [0.1, 0.15) is 24.0 Å². The van der Waals surface area contributed by atoms with Crippen molar-refractivity contribution in [3.8, 4) is 5.75 Å². The summed E-state index contributed by atoms with van der Waals surface area (Å²) in [4.78, 5) is 14.0. The molecule has 0 bridgehead atoms. The summed E-state index contributed by atoms with van der Waals surface area (Å²) < 4.78 is 8.15. The summed E-state index contributed by atoms with van der Waals surface area (Å²) in [7, 11) is 2.78.